The van der Waals surface area contributed by atoms with Crippen molar-refractivity contribution < 1.29 is 27.2 Å². The van der Waals surface area contributed by atoms with Gasteiger partial charge in [0.2, 0.25) is 0 Å². The first-order valence-corrected chi connectivity index (χ1v) is 9.53. The molecule has 2 aromatic rings. The molecular weight excluding hydrogens is 420 g/mol. The zero-order chi connectivity index (χ0) is 22.1. The maximum Gasteiger partial charge on any atom is 0.323 e. The number of alkyl halides is 2. The zero-order valence-electron chi connectivity index (χ0n) is 16.2. The molecule has 12 heteroatoms. The molecule has 3 amide bonds. The van der Waals surface area contributed by atoms with E-state index in [1.54, 1.807) is 4.90 Å². The van der Waals surface area contributed by atoms with Crippen molar-refractivity contribution in [3.8, 4) is 11.4 Å². The van der Waals surface area contributed by atoms with Gasteiger partial charge in [-0.25, -0.2) is 32.3 Å². The van der Waals surface area contributed by atoms with Crippen molar-refractivity contribution in [2.75, 3.05) is 38.0 Å². The van der Waals surface area contributed by atoms with Gasteiger partial charge < -0.3 is 10.2 Å². The zero-order valence-corrected chi connectivity index (χ0v) is 16.2. The van der Waals surface area contributed by atoms with Gasteiger partial charge in [-0.15, -0.1) is 0 Å². The number of piperazine rings is 1. The first-order valence-electron chi connectivity index (χ1n) is 9.53. The Morgan fingerprint density at radius 3 is 2.42 bits per heavy atom. The van der Waals surface area contributed by atoms with Crippen molar-refractivity contribution in [2.24, 2.45) is 0 Å². The number of carbonyl (C=O) groups is 2. The summed E-state index contributed by atoms with van der Waals surface area (Å²) < 4.78 is 53.5. The van der Waals surface area contributed by atoms with Crippen LogP contribution in [0.2, 0.25) is 0 Å². The molecule has 164 valence electrons. The molecule has 0 saturated carbocycles. The fourth-order valence-electron chi connectivity index (χ4n) is 3.55. The molecule has 1 aromatic heterocycles. The predicted octanol–water partition coefficient (Wildman–Crippen LogP) is 2.08. The minimum absolute atomic E-state index is 0.0187. The third-order valence-corrected chi connectivity index (χ3v) is 5.09. The van der Waals surface area contributed by atoms with Crippen molar-refractivity contribution in [2.45, 2.75) is 13.0 Å². The fourth-order valence-corrected chi connectivity index (χ4v) is 3.55. The average Bonchev–Trinajstić information content (AvgIpc) is 3.09. The molecule has 4 rings (SSSR count). The molecule has 0 spiro atoms. The molecule has 1 aromatic carbocycles. The molecule has 31 heavy (non-hydrogen) atoms. The number of rotatable bonds is 4. The van der Waals surface area contributed by atoms with Gasteiger partial charge in [-0.3, -0.25) is 15.0 Å². The number of carbonyl (C=O) groups excluding carboxylic acids is 2. The molecule has 0 aliphatic carbocycles. The molecule has 1 saturated heterocycles. The quantitative estimate of drug-likeness (QED) is 0.714. The second-order valence-electron chi connectivity index (χ2n) is 7.11. The number of anilines is 1. The second-order valence-corrected chi connectivity index (χ2v) is 7.11. The Hall–Kier alpha value is -3.28. The molecule has 2 N–H and O–H groups in total. The van der Waals surface area contributed by atoms with Crippen LogP contribution >= 0.6 is 0 Å². The van der Waals surface area contributed by atoms with E-state index in [1.165, 1.54) is 11.0 Å². The number of halogens is 4. The van der Waals surface area contributed by atoms with E-state index in [0.717, 1.165) is 12.1 Å². The minimum Gasteiger partial charge on any atom is -0.346 e. The Balaban J connectivity index is 1.59. The van der Waals surface area contributed by atoms with E-state index < -0.39 is 35.6 Å². The second kappa shape index (κ2) is 8.46. The van der Waals surface area contributed by atoms with Gasteiger partial charge in [-0.05, 0) is 12.1 Å². The van der Waals surface area contributed by atoms with E-state index in [4.69, 9.17) is 0 Å². The number of urea groups is 1. The predicted molar refractivity (Wildman–Crippen MR) is 102 cm³/mol. The van der Waals surface area contributed by atoms with Crippen LogP contribution in [0.25, 0.3) is 11.4 Å². The van der Waals surface area contributed by atoms with Crippen LogP contribution in [-0.4, -0.2) is 70.9 Å². The number of benzene rings is 1. The van der Waals surface area contributed by atoms with Crippen molar-refractivity contribution >= 4 is 17.8 Å². The lowest BCUT2D eigenvalue weighted by Gasteiger charge is -2.34. The highest BCUT2D eigenvalue weighted by Crippen LogP contribution is 2.29. The van der Waals surface area contributed by atoms with Gasteiger partial charge in [0, 0.05) is 26.2 Å². The molecule has 0 bridgehead atoms. The van der Waals surface area contributed by atoms with Crippen LogP contribution in [0.3, 0.4) is 0 Å². The van der Waals surface area contributed by atoms with E-state index in [-0.39, 0.29) is 62.2 Å². The van der Waals surface area contributed by atoms with Crippen LogP contribution in [0.1, 0.15) is 16.1 Å². The SMILES string of the molecule is O=C1NCc2nc(-c3c(F)cccc3F)nc(NC(=O)N3CCN(CC(F)F)CC3)c21. The van der Waals surface area contributed by atoms with Crippen molar-refractivity contribution in [3.05, 3.63) is 41.1 Å². The largest absolute Gasteiger partial charge is 0.346 e. The number of hydrogen-bond acceptors (Lipinski definition) is 5. The molecule has 0 atom stereocenters. The fraction of sp³-hybridized carbons (Fsp3) is 0.368. The third-order valence-electron chi connectivity index (χ3n) is 5.09. The monoisotopic (exact) mass is 438 g/mol. The van der Waals surface area contributed by atoms with Crippen molar-refractivity contribution in [3.63, 3.8) is 0 Å². The van der Waals surface area contributed by atoms with Gasteiger partial charge in [0.25, 0.3) is 12.3 Å². The lowest BCUT2D eigenvalue weighted by molar-refractivity contribution is 0.0651. The summed E-state index contributed by atoms with van der Waals surface area (Å²) in [5, 5.41) is 5.05. The van der Waals surface area contributed by atoms with E-state index in [1.807, 2.05) is 0 Å². The van der Waals surface area contributed by atoms with E-state index in [9.17, 15) is 27.2 Å². The molecule has 1 fully saturated rings. The lowest BCUT2D eigenvalue weighted by atomic mass is 10.1. The molecule has 3 heterocycles. The topological polar surface area (TPSA) is 90.5 Å². The van der Waals surface area contributed by atoms with Crippen molar-refractivity contribution in [1.82, 2.24) is 25.1 Å². The summed E-state index contributed by atoms with van der Waals surface area (Å²) in [6, 6.07) is 2.70. The van der Waals surface area contributed by atoms with Crippen molar-refractivity contribution in [1.29, 1.82) is 0 Å². The summed E-state index contributed by atoms with van der Waals surface area (Å²) in [6.07, 6.45) is -2.46. The van der Waals surface area contributed by atoms with E-state index in [2.05, 4.69) is 20.6 Å². The molecule has 2 aliphatic rings. The maximum atomic E-state index is 14.2. The van der Waals surface area contributed by atoms with Crippen LogP contribution in [0, 0.1) is 11.6 Å². The Morgan fingerprint density at radius 2 is 1.77 bits per heavy atom. The summed E-state index contributed by atoms with van der Waals surface area (Å²) in [5.74, 6) is -2.76. The van der Waals surface area contributed by atoms with Crippen LogP contribution < -0.4 is 10.6 Å². The third kappa shape index (κ3) is 4.29. The molecule has 8 nitrogen and oxygen atoms in total. The average molecular weight is 438 g/mol. The highest BCUT2D eigenvalue weighted by Gasteiger charge is 2.30. The molecular formula is C19H18F4N6O2. The summed E-state index contributed by atoms with van der Waals surface area (Å²) in [6.45, 7) is 0.596. The number of nitrogens with zero attached hydrogens (tertiary/aromatic N) is 4. The molecule has 0 unspecified atom stereocenters. The smallest absolute Gasteiger partial charge is 0.323 e. The van der Waals surface area contributed by atoms with Gasteiger partial charge >= 0.3 is 6.03 Å². The summed E-state index contributed by atoms with van der Waals surface area (Å²) in [4.78, 5) is 36.0. The Kier molecular flexibility index (Phi) is 5.72. The van der Waals surface area contributed by atoms with Gasteiger partial charge in [-0.1, -0.05) is 6.07 Å². The Morgan fingerprint density at radius 1 is 1.10 bits per heavy atom. The number of amides is 3. The highest BCUT2D eigenvalue weighted by molar-refractivity contribution is 6.05. The number of hydrogen-bond donors (Lipinski definition) is 2. The summed E-state index contributed by atoms with van der Waals surface area (Å²) in [7, 11) is 0. The highest BCUT2D eigenvalue weighted by atomic mass is 19.3. The Labute approximate surface area is 174 Å². The van der Waals surface area contributed by atoms with Crippen LogP contribution in [0.4, 0.5) is 28.2 Å². The summed E-state index contributed by atoms with van der Waals surface area (Å²) >= 11 is 0. The van der Waals surface area contributed by atoms with E-state index in [0.29, 0.717) is 0 Å². The number of fused-ring (bicyclic) bond motifs is 1. The maximum absolute atomic E-state index is 14.2. The summed E-state index contributed by atoms with van der Waals surface area (Å²) in [5.41, 5.74) is -0.249. The molecule has 0 radical (unpaired) electrons. The Bertz CT molecular complexity index is 1010. The van der Waals surface area contributed by atoms with E-state index >= 15 is 0 Å². The van der Waals surface area contributed by atoms with Gasteiger partial charge in [0.1, 0.15) is 17.2 Å². The van der Waals surface area contributed by atoms with Crippen LogP contribution in [0.15, 0.2) is 18.2 Å². The van der Waals surface area contributed by atoms with Gasteiger partial charge in [0.15, 0.2) is 11.6 Å². The normalized spacial score (nSPS) is 16.4. The number of nitrogens with one attached hydrogen (secondary N) is 2. The first kappa shape index (κ1) is 21.0. The molecule has 2 aliphatic heterocycles. The number of aromatic nitrogens is 2. The standard InChI is InChI=1S/C19H18F4N6O2/c20-10-2-1-3-11(21)14(10)16-25-12-8-24-18(30)15(12)17(26-16)27-19(31)29-6-4-28(5-7-29)9-13(22)23/h1-3,13H,4-9H2,(H,24,30)(H,25,26,27,31). The first-order chi connectivity index (χ1) is 14.8. The van der Waals surface area contributed by atoms with Gasteiger partial charge in [-0.2, -0.15) is 0 Å². The van der Waals surface area contributed by atoms with Crippen LogP contribution in [-0.2, 0) is 6.54 Å². The minimum atomic E-state index is -2.46. The lowest BCUT2D eigenvalue weighted by Crippen LogP contribution is -2.51. The van der Waals surface area contributed by atoms with Crippen LogP contribution in [0.5, 0.6) is 0 Å². The van der Waals surface area contributed by atoms with Gasteiger partial charge in [0.05, 0.1) is 24.3 Å².